The standard InChI is InChI=1S/C22H28N2O6.ClH/c1-28-18-7-4-14(21(27)22(18)29-2)10-12-23-11-3-13-30-17-8-6-16(25)20-15(17)5-9-19(26)24-20;/h4,6-8,23,25,27H,3,5,9-13H2,1-2H3,(H,24,26);1H. The van der Waals surface area contributed by atoms with Gasteiger partial charge in [0.1, 0.15) is 11.5 Å². The molecule has 0 spiro atoms. The van der Waals surface area contributed by atoms with Gasteiger partial charge in [0.2, 0.25) is 11.7 Å². The third kappa shape index (κ3) is 5.86. The smallest absolute Gasteiger partial charge is 0.224 e. The monoisotopic (exact) mass is 452 g/mol. The minimum Gasteiger partial charge on any atom is -0.506 e. The Hall–Kier alpha value is -2.84. The van der Waals surface area contributed by atoms with E-state index in [2.05, 4.69) is 10.6 Å². The molecule has 1 aliphatic rings. The Labute approximate surface area is 187 Å². The molecule has 8 nitrogen and oxygen atoms in total. The van der Waals surface area contributed by atoms with E-state index in [9.17, 15) is 15.0 Å². The van der Waals surface area contributed by atoms with Gasteiger partial charge in [-0.2, -0.15) is 0 Å². The van der Waals surface area contributed by atoms with E-state index in [1.165, 1.54) is 20.3 Å². The van der Waals surface area contributed by atoms with Gasteiger partial charge < -0.3 is 35.1 Å². The maximum Gasteiger partial charge on any atom is 0.224 e. The molecule has 0 saturated carbocycles. The maximum atomic E-state index is 11.5. The third-order valence-electron chi connectivity index (χ3n) is 5.04. The van der Waals surface area contributed by atoms with Crippen LogP contribution < -0.4 is 24.8 Å². The minimum absolute atomic E-state index is 0. The molecule has 31 heavy (non-hydrogen) atoms. The Bertz CT molecular complexity index is 906. The molecule has 0 atom stereocenters. The first-order chi connectivity index (χ1) is 14.5. The van der Waals surface area contributed by atoms with Crippen LogP contribution in [0.4, 0.5) is 5.69 Å². The van der Waals surface area contributed by atoms with E-state index in [1.54, 1.807) is 12.1 Å². The lowest BCUT2D eigenvalue weighted by molar-refractivity contribution is -0.116. The van der Waals surface area contributed by atoms with Crippen molar-refractivity contribution in [1.29, 1.82) is 0 Å². The van der Waals surface area contributed by atoms with Gasteiger partial charge in [-0.25, -0.2) is 0 Å². The number of carbonyl (C=O) groups excluding carboxylic acids is 1. The number of hydrogen-bond acceptors (Lipinski definition) is 7. The molecule has 0 radical (unpaired) electrons. The van der Waals surface area contributed by atoms with E-state index in [0.717, 1.165) is 24.1 Å². The zero-order chi connectivity index (χ0) is 21.5. The number of amides is 1. The molecule has 0 unspecified atom stereocenters. The van der Waals surface area contributed by atoms with Crippen LogP contribution in [0.15, 0.2) is 24.3 Å². The summed E-state index contributed by atoms with van der Waals surface area (Å²) in [6, 6.07) is 6.88. The fourth-order valence-electron chi connectivity index (χ4n) is 3.46. The van der Waals surface area contributed by atoms with Crippen molar-refractivity contribution in [2.75, 3.05) is 39.2 Å². The van der Waals surface area contributed by atoms with Crippen LogP contribution in [0.5, 0.6) is 28.7 Å². The number of benzene rings is 2. The van der Waals surface area contributed by atoms with Crippen LogP contribution >= 0.6 is 12.4 Å². The van der Waals surface area contributed by atoms with Gasteiger partial charge in [0.15, 0.2) is 11.5 Å². The average molecular weight is 453 g/mol. The van der Waals surface area contributed by atoms with Gasteiger partial charge in [0.25, 0.3) is 0 Å². The number of aromatic hydroxyl groups is 2. The van der Waals surface area contributed by atoms with Gasteiger partial charge in [-0.1, -0.05) is 6.07 Å². The summed E-state index contributed by atoms with van der Waals surface area (Å²) in [5.74, 6) is 1.60. The highest BCUT2D eigenvalue weighted by Gasteiger charge is 2.21. The second-order valence-corrected chi connectivity index (χ2v) is 7.00. The molecule has 1 aliphatic heterocycles. The van der Waals surface area contributed by atoms with Crippen molar-refractivity contribution in [3.8, 4) is 28.7 Å². The van der Waals surface area contributed by atoms with Crippen molar-refractivity contribution in [2.24, 2.45) is 0 Å². The number of rotatable bonds is 10. The molecule has 1 amide bonds. The van der Waals surface area contributed by atoms with Crippen LogP contribution in [-0.2, 0) is 17.6 Å². The SMILES string of the molecule is COc1ccc(CCNCCCOc2ccc(O)c3c2CCC(=O)N3)c(O)c1OC.Cl. The number of halogens is 1. The lowest BCUT2D eigenvalue weighted by Crippen LogP contribution is -2.21. The second kappa shape index (κ2) is 11.5. The van der Waals surface area contributed by atoms with Crippen molar-refractivity contribution in [3.63, 3.8) is 0 Å². The molecule has 2 aromatic carbocycles. The molecule has 0 bridgehead atoms. The summed E-state index contributed by atoms with van der Waals surface area (Å²) in [6.07, 6.45) is 2.38. The third-order valence-corrected chi connectivity index (χ3v) is 5.04. The highest BCUT2D eigenvalue weighted by molar-refractivity contribution is 5.96. The number of hydrogen-bond donors (Lipinski definition) is 4. The van der Waals surface area contributed by atoms with Gasteiger partial charge in [0.05, 0.1) is 26.5 Å². The summed E-state index contributed by atoms with van der Waals surface area (Å²) in [4.78, 5) is 11.5. The molecular formula is C22H29ClN2O6. The largest absolute Gasteiger partial charge is 0.506 e. The molecule has 0 saturated heterocycles. The number of nitrogens with one attached hydrogen (secondary N) is 2. The summed E-state index contributed by atoms with van der Waals surface area (Å²) in [5, 5.41) is 26.3. The number of fused-ring (bicyclic) bond motifs is 1. The van der Waals surface area contributed by atoms with Crippen molar-refractivity contribution >= 4 is 24.0 Å². The lowest BCUT2D eigenvalue weighted by Gasteiger charge is -2.21. The fraction of sp³-hybridized carbons (Fsp3) is 0.409. The first-order valence-electron chi connectivity index (χ1n) is 9.96. The Morgan fingerprint density at radius 1 is 1.03 bits per heavy atom. The summed E-state index contributed by atoms with van der Waals surface area (Å²) in [6.45, 7) is 1.97. The predicted octanol–water partition coefficient (Wildman–Crippen LogP) is 3.02. The van der Waals surface area contributed by atoms with Crippen molar-refractivity contribution < 1.29 is 29.2 Å². The number of anilines is 1. The maximum absolute atomic E-state index is 11.5. The van der Waals surface area contributed by atoms with E-state index in [-0.39, 0.29) is 29.8 Å². The summed E-state index contributed by atoms with van der Waals surface area (Å²) >= 11 is 0. The fourth-order valence-corrected chi connectivity index (χ4v) is 3.46. The molecule has 1 heterocycles. The predicted molar refractivity (Wildman–Crippen MR) is 120 cm³/mol. The molecule has 3 rings (SSSR count). The van der Waals surface area contributed by atoms with Gasteiger partial charge in [-0.05, 0) is 56.1 Å². The Morgan fingerprint density at radius 2 is 1.81 bits per heavy atom. The minimum atomic E-state index is -0.0975. The van der Waals surface area contributed by atoms with Crippen LogP contribution in [0.3, 0.4) is 0 Å². The number of ether oxygens (including phenoxy) is 3. The summed E-state index contributed by atoms with van der Waals surface area (Å²) < 4.78 is 16.2. The van der Waals surface area contributed by atoms with Crippen molar-refractivity contribution in [2.45, 2.75) is 25.7 Å². The van der Waals surface area contributed by atoms with Crippen LogP contribution in [0.25, 0.3) is 0 Å². The molecule has 0 fully saturated rings. The summed E-state index contributed by atoms with van der Waals surface area (Å²) in [5.41, 5.74) is 2.08. The summed E-state index contributed by atoms with van der Waals surface area (Å²) in [7, 11) is 3.03. The number of methoxy groups -OCH3 is 2. The van der Waals surface area contributed by atoms with Crippen LogP contribution in [0, 0.1) is 0 Å². The molecule has 2 aromatic rings. The Balaban J connectivity index is 0.00000341. The molecule has 9 heteroatoms. The van der Waals surface area contributed by atoms with Gasteiger partial charge in [-0.15, -0.1) is 12.4 Å². The molecule has 4 N–H and O–H groups in total. The zero-order valence-electron chi connectivity index (χ0n) is 17.7. The topological polar surface area (TPSA) is 109 Å². The lowest BCUT2D eigenvalue weighted by atomic mass is 10.0. The van der Waals surface area contributed by atoms with E-state index < -0.39 is 0 Å². The van der Waals surface area contributed by atoms with E-state index in [1.807, 2.05) is 6.07 Å². The Kier molecular flexibility index (Phi) is 9.08. The van der Waals surface area contributed by atoms with Crippen LogP contribution in [-0.4, -0.2) is 50.0 Å². The number of phenolic OH excluding ortho intramolecular Hbond substituents is 2. The van der Waals surface area contributed by atoms with E-state index in [4.69, 9.17) is 14.2 Å². The van der Waals surface area contributed by atoms with Gasteiger partial charge in [-0.3, -0.25) is 4.79 Å². The van der Waals surface area contributed by atoms with Gasteiger partial charge >= 0.3 is 0 Å². The first-order valence-corrected chi connectivity index (χ1v) is 9.96. The van der Waals surface area contributed by atoms with Crippen LogP contribution in [0.2, 0.25) is 0 Å². The molecular weight excluding hydrogens is 424 g/mol. The highest BCUT2D eigenvalue weighted by atomic mass is 35.5. The zero-order valence-corrected chi connectivity index (χ0v) is 18.5. The van der Waals surface area contributed by atoms with Gasteiger partial charge in [0, 0.05) is 12.0 Å². The van der Waals surface area contributed by atoms with E-state index in [0.29, 0.717) is 55.4 Å². The normalized spacial score (nSPS) is 12.4. The number of carbonyl (C=O) groups is 1. The molecule has 0 aliphatic carbocycles. The molecule has 0 aromatic heterocycles. The quantitative estimate of drug-likeness (QED) is 0.324. The number of phenols is 2. The van der Waals surface area contributed by atoms with Crippen molar-refractivity contribution in [1.82, 2.24) is 5.32 Å². The van der Waals surface area contributed by atoms with E-state index >= 15 is 0 Å². The molecule has 170 valence electrons. The van der Waals surface area contributed by atoms with Crippen molar-refractivity contribution in [3.05, 3.63) is 35.4 Å². The van der Waals surface area contributed by atoms with Crippen LogP contribution in [0.1, 0.15) is 24.0 Å². The highest BCUT2D eigenvalue weighted by Crippen LogP contribution is 2.39. The second-order valence-electron chi connectivity index (χ2n) is 7.00. The first kappa shape index (κ1) is 24.4. The Morgan fingerprint density at radius 3 is 2.55 bits per heavy atom. The average Bonchev–Trinajstić information content (AvgIpc) is 2.75.